The van der Waals surface area contributed by atoms with E-state index in [1.54, 1.807) is 12.4 Å². The Balaban J connectivity index is 2.22. The van der Waals surface area contributed by atoms with Crippen LogP contribution in [0.1, 0.15) is 25.8 Å². The van der Waals surface area contributed by atoms with E-state index >= 15 is 0 Å². The summed E-state index contributed by atoms with van der Waals surface area (Å²) in [6, 6.07) is 2.01. The molecule has 2 rings (SSSR count). The zero-order chi connectivity index (χ0) is 11.4. The highest BCUT2D eigenvalue weighted by Gasteiger charge is 1.96. The van der Waals surface area contributed by atoms with Gasteiger partial charge in [0.15, 0.2) is 5.65 Å². The molecule has 0 N–H and O–H groups in total. The second kappa shape index (κ2) is 4.84. The van der Waals surface area contributed by atoms with E-state index in [1.807, 2.05) is 12.3 Å². The lowest BCUT2D eigenvalue weighted by Gasteiger charge is -1.98. The van der Waals surface area contributed by atoms with Crippen LogP contribution in [0.2, 0.25) is 0 Å². The average Bonchev–Trinajstić information content (AvgIpc) is 2.28. The summed E-state index contributed by atoms with van der Waals surface area (Å²) in [4.78, 5) is 12.6. The van der Waals surface area contributed by atoms with Gasteiger partial charge in [0, 0.05) is 18.6 Å². The van der Waals surface area contributed by atoms with E-state index in [2.05, 4.69) is 41.0 Å². The van der Waals surface area contributed by atoms with Crippen molar-refractivity contribution in [1.82, 2.24) is 15.0 Å². The molecule has 0 radical (unpaired) electrons. The predicted octanol–water partition coefficient (Wildman–Crippen LogP) is 3.08. The zero-order valence-corrected chi connectivity index (χ0v) is 9.59. The van der Waals surface area contributed by atoms with Gasteiger partial charge >= 0.3 is 0 Å². The van der Waals surface area contributed by atoms with Crippen LogP contribution in [0.4, 0.5) is 0 Å². The van der Waals surface area contributed by atoms with Crippen LogP contribution in [0, 0.1) is 5.92 Å². The Morgan fingerprint density at radius 1 is 1.19 bits per heavy atom. The third-order valence-corrected chi connectivity index (χ3v) is 2.26. The SMILES string of the molecule is CC(C)C/C=C/c1cnc2nccnc2c1. The molecule has 3 nitrogen and oxygen atoms in total. The van der Waals surface area contributed by atoms with Crippen molar-refractivity contribution in [3.05, 3.63) is 36.3 Å². The number of nitrogens with zero attached hydrogens (tertiary/aromatic N) is 3. The molecule has 82 valence electrons. The van der Waals surface area contributed by atoms with Crippen molar-refractivity contribution in [2.75, 3.05) is 0 Å². The van der Waals surface area contributed by atoms with Crippen molar-refractivity contribution >= 4 is 17.2 Å². The van der Waals surface area contributed by atoms with Gasteiger partial charge in [-0.05, 0) is 24.0 Å². The number of fused-ring (bicyclic) bond motifs is 1. The molecule has 3 heteroatoms. The fourth-order valence-corrected chi connectivity index (χ4v) is 1.44. The molecule has 0 unspecified atom stereocenters. The summed E-state index contributed by atoms with van der Waals surface area (Å²) in [5, 5.41) is 0. The summed E-state index contributed by atoms with van der Waals surface area (Å²) in [5.41, 5.74) is 2.62. The smallest absolute Gasteiger partial charge is 0.178 e. The number of hydrogen-bond acceptors (Lipinski definition) is 3. The Morgan fingerprint density at radius 3 is 2.81 bits per heavy atom. The van der Waals surface area contributed by atoms with Crippen LogP contribution >= 0.6 is 0 Å². The molecule has 2 heterocycles. The minimum Gasteiger partial charge on any atom is -0.251 e. The molecule has 0 saturated heterocycles. The normalized spacial score (nSPS) is 11.7. The molecule has 0 bridgehead atoms. The maximum Gasteiger partial charge on any atom is 0.178 e. The molecule has 2 aromatic rings. The van der Waals surface area contributed by atoms with Crippen molar-refractivity contribution in [2.24, 2.45) is 5.92 Å². The van der Waals surface area contributed by atoms with E-state index < -0.39 is 0 Å². The van der Waals surface area contributed by atoms with Crippen LogP contribution in [0.5, 0.6) is 0 Å². The van der Waals surface area contributed by atoms with Gasteiger partial charge in [0.2, 0.25) is 0 Å². The zero-order valence-electron chi connectivity index (χ0n) is 9.59. The van der Waals surface area contributed by atoms with Crippen molar-refractivity contribution in [1.29, 1.82) is 0 Å². The summed E-state index contributed by atoms with van der Waals surface area (Å²) in [6.07, 6.45) is 10.5. The lowest BCUT2D eigenvalue weighted by molar-refractivity contribution is 0.665. The van der Waals surface area contributed by atoms with Gasteiger partial charge in [-0.1, -0.05) is 26.0 Å². The Bertz CT molecular complexity index is 503. The quantitative estimate of drug-likeness (QED) is 0.786. The summed E-state index contributed by atoms with van der Waals surface area (Å²) in [5.74, 6) is 0.685. The Hall–Kier alpha value is -1.77. The lowest BCUT2D eigenvalue weighted by Crippen LogP contribution is -1.87. The Kier molecular flexibility index (Phi) is 3.25. The maximum atomic E-state index is 4.25. The standard InChI is InChI=1S/C13H15N3/c1-10(2)4-3-5-11-8-12-13(16-9-11)15-7-6-14-12/h3,5-10H,4H2,1-2H3/b5-3+. The van der Waals surface area contributed by atoms with E-state index in [0.717, 1.165) is 17.5 Å². The van der Waals surface area contributed by atoms with Crippen LogP contribution in [0.25, 0.3) is 17.2 Å². The van der Waals surface area contributed by atoms with Crippen molar-refractivity contribution < 1.29 is 0 Å². The number of aromatic nitrogens is 3. The molecule has 0 atom stereocenters. The van der Waals surface area contributed by atoms with E-state index in [1.165, 1.54) is 0 Å². The highest BCUT2D eigenvalue weighted by Crippen LogP contribution is 2.10. The van der Waals surface area contributed by atoms with Crippen molar-refractivity contribution in [2.45, 2.75) is 20.3 Å². The number of rotatable bonds is 3. The first-order chi connectivity index (χ1) is 7.75. The van der Waals surface area contributed by atoms with E-state index in [4.69, 9.17) is 0 Å². The van der Waals surface area contributed by atoms with Gasteiger partial charge in [-0.25, -0.2) is 9.97 Å². The molecule has 0 aromatic carbocycles. The fourth-order valence-electron chi connectivity index (χ4n) is 1.44. The molecule has 0 aliphatic rings. The summed E-state index contributed by atoms with van der Waals surface area (Å²) < 4.78 is 0. The van der Waals surface area contributed by atoms with Gasteiger partial charge in [-0.3, -0.25) is 4.98 Å². The number of allylic oxidation sites excluding steroid dienone is 1. The van der Waals surface area contributed by atoms with Gasteiger partial charge in [0.25, 0.3) is 0 Å². The van der Waals surface area contributed by atoms with Gasteiger partial charge in [0.05, 0.1) is 0 Å². The van der Waals surface area contributed by atoms with Crippen molar-refractivity contribution in [3.8, 4) is 0 Å². The summed E-state index contributed by atoms with van der Waals surface area (Å²) >= 11 is 0. The van der Waals surface area contributed by atoms with Crippen LogP contribution < -0.4 is 0 Å². The minimum atomic E-state index is 0.685. The van der Waals surface area contributed by atoms with Crippen molar-refractivity contribution in [3.63, 3.8) is 0 Å². The molecule has 0 fully saturated rings. The second-order valence-electron chi connectivity index (χ2n) is 4.20. The minimum absolute atomic E-state index is 0.685. The molecule has 0 aliphatic heterocycles. The van der Waals surface area contributed by atoms with E-state index in [-0.39, 0.29) is 0 Å². The first kappa shape index (κ1) is 10.7. The summed E-state index contributed by atoms with van der Waals surface area (Å²) in [6.45, 7) is 4.41. The molecule has 0 aliphatic carbocycles. The lowest BCUT2D eigenvalue weighted by atomic mass is 10.1. The molecule has 2 aromatic heterocycles. The van der Waals surface area contributed by atoms with Gasteiger partial charge < -0.3 is 0 Å². The van der Waals surface area contributed by atoms with Crippen LogP contribution in [-0.2, 0) is 0 Å². The van der Waals surface area contributed by atoms with Crippen LogP contribution in [0.3, 0.4) is 0 Å². The van der Waals surface area contributed by atoms with Gasteiger partial charge in [-0.15, -0.1) is 0 Å². The summed E-state index contributed by atoms with van der Waals surface area (Å²) in [7, 11) is 0. The topological polar surface area (TPSA) is 38.7 Å². The predicted molar refractivity (Wildman–Crippen MR) is 65.8 cm³/mol. The van der Waals surface area contributed by atoms with E-state index in [0.29, 0.717) is 11.6 Å². The molecule has 16 heavy (non-hydrogen) atoms. The van der Waals surface area contributed by atoms with Gasteiger partial charge in [-0.2, -0.15) is 0 Å². The van der Waals surface area contributed by atoms with Crippen LogP contribution in [-0.4, -0.2) is 15.0 Å². The fraction of sp³-hybridized carbons (Fsp3) is 0.308. The molecule has 0 spiro atoms. The van der Waals surface area contributed by atoms with Gasteiger partial charge in [0.1, 0.15) is 5.52 Å². The average molecular weight is 213 g/mol. The molecule has 0 saturated carbocycles. The second-order valence-corrected chi connectivity index (χ2v) is 4.20. The first-order valence-electron chi connectivity index (χ1n) is 5.49. The molecular weight excluding hydrogens is 198 g/mol. The Morgan fingerprint density at radius 2 is 2.00 bits per heavy atom. The monoisotopic (exact) mass is 213 g/mol. The first-order valence-corrected chi connectivity index (χ1v) is 5.49. The maximum absolute atomic E-state index is 4.25. The molecule has 0 amide bonds. The number of pyridine rings is 1. The third kappa shape index (κ3) is 2.63. The van der Waals surface area contributed by atoms with Crippen LogP contribution in [0.15, 0.2) is 30.7 Å². The highest BCUT2D eigenvalue weighted by atomic mass is 14.9. The number of hydrogen-bond donors (Lipinski definition) is 0. The molecular formula is C13H15N3. The highest BCUT2D eigenvalue weighted by molar-refractivity contribution is 5.72. The van der Waals surface area contributed by atoms with E-state index in [9.17, 15) is 0 Å². The third-order valence-electron chi connectivity index (χ3n) is 2.26. The largest absolute Gasteiger partial charge is 0.251 e. The Labute approximate surface area is 95.3 Å².